The molecule has 0 unspecified atom stereocenters. The van der Waals surface area contributed by atoms with Crippen molar-refractivity contribution >= 4 is 28.7 Å². The molecule has 1 fully saturated rings. The van der Waals surface area contributed by atoms with Crippen molar-refractivity contribution < 1.29 is 0 Å². The molecule has 2 aromatic carbocycles. The second kappa shape index (κ2) is 10.7. The van der Waals surface area contributed by atoms with Crippen LogP contribution in [0.1, 0.15) is 69.1 Å². The number of nitrogens with one attached hydrogen (secondary N) is 1. The summed E-state index contributed by atoms with van der Waals surface area (Å²) in [6.45, 7) is 10.0. The van der Waals surface area contributed by atoms with E-state index in [0.29, 0.717) is 12.0 Å². The molecule has 1 heterocycles. The monoisotopic (exact) mass is 449 g/mol. The van der Waals surface area contributed by atoms with Crippen LogP contribution in [0.2, 0.25) is 0 Å². The molecule has 3 nitrogen and oxygen atoms in total. The molecule has 1 aliphatic carbocycles. The normalized spacial score (nSPS) is 20.5. The molecule has 0 bridgehead atoms. The molecular weight excluding hydrogens is 410 g/mol. The molecule has 1 N–H and O–H groups in total. The Hall–Kier alpha value is -2.07. The number of nitrogens with zero attached hydrogens (tertiary/aromatic N) is 2. The van der Waals surface area contributed by atoms with Gasteiger partial charge >= 0.3 is 0 Å². The van der Waals surface area contributed by atoms with Crippen molar-refractivity contribution in [2.45, 2.75) is 78.3 Å². The highest BCUT2D eigenvalue weighted by atomic mass is 32.1. The van der Waals surface area contributed by atoms with Crippen LogP contribution in [-0.2, 0) is 13.0 Å². The van der Waals surface area contributed by atoms with Gasteiger partial charge in [0.1, 0.15) is 0 Å². The average molecular weight is 450 g/mol. The maximum atomic E-state index is 6.00. The summed E-state index contributed by atoms with van der Waals surface area (Å²) in [5, 5.41) is 4.40. The first-order valence-electron chi connectivity index (χ1n) is 12.6. The maximum absolute atomic E-state index is 6.00. The van der Waals surface area contributed by atoms with Crippen LogP contribution in [0.15, 0.2) is 42.5 Å². The smallest absolute Gasteiger partial charge is 0.173 e. The molecule has 2 atom stereocenters. The van der Waals surface area contributed by atoms with Crippen molar-refractivity contribution in [2.24, 2.45) is 5.92 Å². The summed E-state index contributed by atoms with van der Waals surface area (Å²) >= 11 is 6.00. The van der Waals surface area contributed by atoms with Gasteiger partial charge in [0.15, 0.2) is 5.11 Å². The van der Waals surface area contributed by atoms with Crippen molar-refractivity contribution in [1.29, 1.82) is 0 Å². The summed E-state index contributed by atoms with van der Waals surface area (Å²) in [6.07, 6.45) is 8.82. The van der Waals surface area contributed by atoms with Gasteiger partial charge in [-0.25, -0.2) is 0 Å². The quantitative estimate of drug-likeness (QED) is 0.481. The first kappa shape index (κ1) is 23.1. The third-order valence-electron chi connectivity index (χ3n) is 7.24. The molecule has 0 spiro atoms. The molecule has 2 aromatic rings. The topological polar surface area (TPSA) is 18.5 Å². The van der Waals surface area contributed by atoms with Crippen molar-refractivity contribution in [3.05, 3.63) is 59.2 Å². The molecule has 1 aliphatic heterocycles. The summed E-state index contributed by atoms with van der Waals surface area (Å²) in [4.78, 5) is 5.04. The predicted octanol–water partition coefficient (Wildman–Crippen LogP) is 6.94. The molecule has 0 amide bonds. The van der Waals surface area contributed by atoms with E-state index in [2.05, 4.69) is 78.4 Å². The highest BCUT2D eigenvalue weighted by Gasteiger charge is 2.29. The Morgan fingerprint density at radius 2 is 1.88 bits per heavy atom. The Kier molecular flexibility index (Phi) is 7.72. The molecule has 0 aromatic heterocycles. The van der Waals surface area contributed by atoms with Crippen LogP contribution < -0.4 is 10.2 Å². The van der Waals surface area contributed by atoms with Crippen molar-refractivity contribution in [3.63, 3.8) is 0 Å². The number of rotatable bonds is 6. The molecule has 32 heavy (non-hydrogen) atoms. The number of thiocarbonyl (C=S) groups is 1. The van der Waals surface area contributed by atoms with Gasteiger partial charge in [-0.15, -0.1) is 0 Å². The van der Waals surface area contributed by atoms with E-state index in [9.17, 15) is 0 Å². The maximum Gasteiger partial charge on any atom is 0.173 e. The predicted molar refractivity (Wildman–Crippen MR) is 142 cm³/mol. The molecule has 2 aliphatic rings. The summed E-state index contributed by atoms with van der Waals surface area (Å²) in [6, 6.07) is 16.2. The van der Waals surface area contributed by atoms with E-state index < -0.39 is 0 Å². The fourth-order valence-electron chi connectivity index (χ4n) is 5.46. The van der Waals surface area contributed by atoms with Gasteiger partial charge in [0.05, 0.1) is 0 Å². The van der Waals surface area contributed by atoms with Gasteiger partial charge in [-0.3, -0.25) is 0 Å². The molecule has 4 heteroatoms. The molecular formula is C28H39N3S. The third kappa shape index (κ3) is 5.46. The molecule has 1 saturated carbocycles. The zero-order chi connectivity index (χ0) is 22.5. The number of fused-ring (bicyclic) bond motifs is 1. The van der Waals surface area contributed by atoms with Crippen LogP contribution in [0.4, 0.5) is 11.4 Å². The van der Waals surface area contributed by atoms with Gasteiger partial charge in [0.2, 0.25) is 0 Å². The summed E-state index contributed by atoms with van der Waals surface area (Å²) in [7, 11) is 0. The number of anilines is 2. The SMILES string of the molecule is CCCN1CCCc2cc(CN(C(=S)Nc3ccc(C)cc3)[C@@H]3CCCC[C@H]3C)ccc21. The largest absolute Gasteiger partial charge is 0.371 e. The van der Waals surface area contributed by atoms with E-state index in [4.69, 9.17) is 12.2 Å². The number of hydrogen-bond acceptors (Lipinski definition) is 2. The Balaban J connectivity index is 1.56. The van der Waals surface area contributed by atoms with Crippen LogP contribution in [-0.4, -0.2) is 29.1 Å². The minimum Gasteiger partial charge on any atom is -0.371 e. The lowest BCUT2D eigenvalue weighted by Gasteiger charge is -2.40. The van der Waals surface area contributed by atoms with E-state index in [1.165, 1.54) is 73.9 Å². The fourth-order valence-corrected chi connectivity index (χ4v) is 5.77. The van der Waals surface area contributed by atoms with Crippen LogP contribution in [0, 0.1) is 12.8 Å². The summed E-state index contributed by atoms with van der Waals surface area (Å²) < 4.78 is 0. The summed E-state index contributed by atoms with van der Waals surface area (Å²) in [5.41, 5.74) is 6.68. The zero-order valence-corrected chi connectivity index (χ0v) is 20.9. The standard InChI is InChI=1S/C28H39N3S/c1-4-17-30-18-7-9-24-19-23(13-16-27(24)30)20-31(26-10-6-5-8-22(26)3)28(32)29-25-14-11-21(2)12-15-25/h11-16,19,22,26H,4-10,17-18,20H2,1-3H3,(H,29,32)/t22-,26-/m1/s1. The van der Waals surface area contributed by atoms with Gasteiger partial charge < -0.3 is 15.1 Å². The minimum atomic E-state index is 0.502. The summed E-state index contributed by atoms with van der Waals surface area (Å²) in [5.74, 6) is 0.666. The van der Waals surface area contributed by atoms with E-state index in [-0.39, 0.29) is 0 Å². The number of benzene rings is 2. The first-order chi connectivity index (χ1) is 15.5. The Morgan fingerprint density at radius 3 is 2.62 bits per heavy atom. The van der Waals surface area contributed by atoms with Crippen LogP contribution in [0.5, 0.6) is 0 Å². The highest BCUT2D eigenvalue weighted by molar-refractivity contribution is 7.80. The van der Waals surface area contributed by atoms with Crippen LogP contribution in [0.25, 0.3) is 0 Å². The van der Waals surface area contributed by atoms with Crippen molar-refractivity contribution in [2.75, 3.05) is 23.3 Å². The third-order valence-corrected chi connectivity index (χ3v) is 7.57. The Morgan fingerprint density at radius 1 is 1.09 bits per heavy atom. The highest BCUT2D eigenvalue weighted by Crippen LogP contribution is 2.32. The molecule has 0 saturated heterocycles. The Labute approximate surface area is 200 Å². The number of hydrogen-bond donors (Lipinski definition) is 1. The fraction of sp³-hybridized carbons (Fsp3) is 0.536. The van der Waals surface area contributed by atoms with Crippen LogP contribution >= 0.6 is 12.2 Å². The van der Waals surface area contributed by atoms with Gasteiger partial charge in [-0.1, -0.05) is 56.5 Å². The molecule has 172 valence electrons. The van der Waals surface area contributed by atoms with Crippen molar-refractivity contribution in [1.82, 2.24) is 4.90 Å². The second-order valence-corrected chi connectivity index (χ2v) is 10.2. The molecule has 4 rings (SSSR count). The van der Waals surface area contributed by atoms with E-state index >= 15 is 0 Å². The lowest BCUT2D eigenvalue weighted by Crippen LogP contribution is -2.46. The second-order valence-electron chi connectivity index (χ2n) is 9.81. The molecule has 0 radical (unpaired) electrons. The average Bonchev–Trinajstić information content (AvgIpc) is 2.80. The van der Waals surface area contributed by atoms with E-state index in [0.717, 1.165) is 23.9 Å². The van der Waals surface area contributed by atoms with Crippen molar-refractivity contribution in [3.8, 4) is 0 Å². The van der Waals surface area contributed by atoms with E-state index in [1.54, 1.807) is 0 Å². The Bertz CT molecular complexity index is 907. The van der Waals surface area contributed by atoms with Crippen LogP contribution in [0.3, 0.4) is 0 Å². The lowest BCUT2D eigenvalue weighted by molar-refractivity contribution is 0.177. The van der Waals surface area contributed by atoms with Gasteiger partial charge in [0.25, 0.3) is 0 Å². The minimum absolute atomic E-state index is 0.502. The number of aryl methyl sites for hydroxylation is 2. The van der Waals surface area contributed by atoms with E-state index in [1.807, 2.05) is 0 Å². The first-order valence-corrected chi connectivity index (χ1v) is 13.0. The zero-order valence-electron chi connectivity index (χ0n) is 20.1. The van der Waals surface area contributed by atoms with Gasteiger partial charge in [-0.05, 0) is 86.5 Å². The lowest BCUT2D eigenvalue weighted by atomic mass is 9.84. The van der Waals surface area contributed by atoms with Gasteiger partial charge in [-0.2, -0.15) is 0 Å². The van der Waals surface area contributed by atoms with Gasteiger partial charge in [0, 0.05) is 37.1 Å².